The van der Waals surface area contributed by atoms with Gasteiger partial charge >= 0.3 is 0 Å². The van der Waals surface area contributed by atoms with Crippen molar-refractivity contribution in [2.75, 3.05) is 42.3 Å². The molecule has 3 rings (SSSR count). The van der Waals surface area contributed by atoms with Crippen LogP contribution in [-0.4, -0.2) is 43.2 Å². The van der Waals surface area contributed by atoms with E-state index in [1.165, 1.54) is 12.0 Å². The minimum absolute atomic E-state index is 0.473. The molecule has 0 spiro atoms. The summed E-state index contributed by atoms with van der Waals surface area (Å²) in [4.78, 5) is 13.1. The van der Waals surface area contributed by atoms with E-state index in [0.717, 1.165) is 37.4 Å². The number of halogens is 1. The summed E-state index contributed by atoms with van der Waals surface area (Å²) in [6, 6.07) is 11.1. The number of nitrogens with zero attached hydrogens (tertiary/aromatic N) is 4. The first-order chi connectivity index (χ1) is 11.2. The minimum Gasteiger partial charge on any atom is -0.383 e. The van der Waals surface area contributed by atoms with Crippen LogP contribution in [0.3, 0.4) is 0 Å². The second kappa shape index (κ2) is 7.04. The van der Waals surface area contributed by atoms with Crippen molar-refractivity contribution in [1.82, 2.24) is 9.97 Å². The molecule has 2 aromatic rings. The van der Waals surface area contributed by atoms with Gasteiger partial charge in [0.15, 0.2) is 11.0 Å². The Morgan fingerprint density at radius 1 is 1.17 bits per heavy atom. The molecule has 1 aliphatic rings. The molecule has 1 aromatic heterocycles. The highest BCUT2D eigenvalue weighted by molar-refractivity contribution is 6.32. The molecule has 0 bridgehead atoms. The predicted octanol–water partition coefficient (Wildman–Crippen LogP) is 3.28. The quantitative estimate of drug-likeness (QED) is 0.871. The summed E-state index contributed by atoms with van der Waals surface area (Å²) in [5.74, 6) is 0.897. The van der Waals surface area contributed by atoms with E-state index in [4.69, 9.17) is 11.6 Å². The molecule has 0 aliphatic carbocycles. The lowest BCUT2D eigenvalue weighted by atomic mass is 10.0. The van der Waals surface area contributed by atoms with Crippen LogP contribution in [0, 0.1) is 0 Å². The van der Waals surface area contributed by atoms with E-state index in [1.54, 1.807) is 0 Å². The van der Waals surface area contributed by atoms with Crippen molar-refractivity contribution in [3.05, 3.63) is 41.8 Å². The Kier molecular flexibility index (Phi) is 4.86. The Morgan fingerprint density at radius 3 is 2.52 bits per heavy atom. The zero-order valence-corrected chi connectivity index (χ0v) is 14.3. The third kappa shape index (κ3) is 3.34. The molecule has 23 heavy (non-hydrogen) atoms. The molecule has 0 amide bonds. The van der Waals surface area contributed by atoms with Gasteiger partial charge in [0.25, 0.3) is 0 Å². The standard InChI is InChI=1S/C17H22ClN5/c1-19-15-16(18)20-12-21-17(15)23-10-8-14(9-11-23)22(2)13-6-4-3-5-7-13/h3-7,12,14,19H,8-11H2,1-2H3. The van der Waals surface area contributed by atoms with Crippen LogP contribution in [0.25, 0.3) is 0 Å². The second-order valence-electron chi connectivity index (χ2n) is 5.78. The van der Waals surface area contributed by atoms with Crippen LogP contribution in [-0.2, 0) is 0 Å². The van der Waals surface area contributed by atoms with E-state index in [0.29, 0.717) is 11.2 Å². The molecule has 6 heteroatoms. The summed E-state index contributed by atoms with van der Waals surface area (Å²) in [5, 5.41) is 3.59. The number of rotatable bonds is 4. The lowest BCUT2D eigenvalue weighted by Gasteiger charge is -2.38. The Balaban J connectivity index is 1.68. The number of hydrogen-bond donors (Lipinski definition) is 1. The number of hydrogen-bond acceptors (Lipinski definition) is 5. The van der Waals surface area contributed by atoms with Crippen molar-refractivity contribution in [3.8, 4) is 0 Å². The van der Waals surface area contributed by atoms with Crippen LogP contribution in [0.2, 0.25) is 5.15 Å². The maximum Gasteiger partial charge on any atom is 0.157 e. The smallest absolute Gasteiger partial charge is 0.157 e. The van der Waals surface area contributed by atoms with E-state index < -0.39 is 0 Å². The van der Waals surface area contributed by atoms with Gasteiger partial charge in [-0.2, -0.15) is 0 Å². The van der Waals surface area contributed by atoms with Crippen molar-refractivity contribution < 1.29 is 0 Å². The largest absolute Gasteiger partial charge is 0.383 e. The molecule has 5 nitrogen and oxygen atoms in total. The molecule has 0 unspecified atom stereocenters. The lowest BCUT2D eigenvalue weighted by Crippen LogP contribution is -2.44. The number of aromatic nitrogens is 2. The zero-order valence-electron chi connectivity index (χ0n) is 13.5. The highest BCUT2D eigenvalue weighted by Gasteiger charge is 2.25. The maximum atomic E-state index is 6.16. The first kappa shape index (κ1) is 15.9. The van der Waals surface area contributed by atoms with Gasteiger partial charge in [0.05, 0.1) is 0 Å². The molecular formula is C17H22ClN5. The van der Waals surface area contributed by atoms with Crippen LogP contribution in [0.4, 0.5) is 17.2 Å². The van der Waals surface area contributed by atoms with Crippen LogP contribution >= 0.6 is 11.6 Å². The molecule has 1 saturated heterocycles. The van der Waals surface area contributed by atoms with Crippen LogP contribution < -0.4 is 15.1 Å². The molecule has 2 heterocycles. The van der Waals surface area contributed by atoms with Gasteiger partial charge in [0, 0.05) is 38.9 Å². The molecule has 1 aliphatic heterocycles. The van der Waals surface area contributed by atoms with Gasteiger partial charge in [-0.15, -0.1) is 0 Å². The summed E-state index contributed by atoms with van der Waals surface area (Å²) in [6.45, 7) is 1.92. The van der Waals surface area contributed by atoms with Crippen LogP contribution in [0.5, 0.6) is 0 Å². The van der Waals surface area contributed by atoms with Crippen molar-refractivity contribution in [2.24, 2.45) is 0 Å². The highest BCUT2D eigenvalue weighted by atomic mass is 35.5. The summed E-state index contributed by atoms with van der Waals surface area (Å²) < 4.78 is 0. The highest BCUT2D eigenvalue weighted by Crippen LogP contribution is 2.31. The van der Waals surface area contributed by atoms with E-state index in [9.17, 15) is 0 Å². The molecular weight excluding hydrogens is 310 g/mol. The minimum atomic E-state index is 0.473. The number of benzene rings is 1. The normalized spacial score (nSPS) is 15.5. The fourth-order valence-electron chi connectivity index (χ4n) is 3.15. The fraction of sp³-hybridized carbons (Fsp3) is 0.412. The van der Waals surface area contributed by atoms with Gasteiger partial charge in [-0.1, -0.05) is 29.8 Å². The molecule has 122 valence electrons. The van der Waals surface area contributed by atoms with Crippen molar-refractivity contribution in [3.63, 3.8) is 0 Å². The first-order valence-electron chi connectivity index (χ1n) is 7.91. The van der Waals surface area contributed by atoms with Gasteiger partial charge in [0.2, 0.25) is 0 Å². The molecule has 1 aromatic carbocycles. The van der Waals surface area contributed by atoms with Gasteiger partial charge in [-0.25, -0.2) is 9.97 Å². The van der Waals surface area contributed by atoms with Crippen molar-refractivity contribution >= 4 is 28.8 Å². The Labute approximate surface area is 142 Å². The number of para-hydroxylation sites is 1. The van der Waals surface area contributed by atoms with Crippen LogP contribution in [0.1, 0.15) is 12.8 Å². The third-order valence-corrected chi connectivity index (χ3v) is 4.79. The summed E-state index contributed by atoms with van der Waals surface area (Å²) in [7, 11) is 4.03. The summed E-state index contributed by atoms with van der Waals surface area (Å²) >= 11 is 6.16. The Hall–Kier alpha value is -2.01. The van der Waals surface area contributed by atoms with Gasteiger partial charge in [0.1, 0.15) is 12.0 Å². The van der Waals surface area contributed by atoms with Crippen LogP contribution in [0.15, 0.2) is 36.7 Å². The van der Waals surface area contributed by atoms with Crippen molar-refractivity contribution in [1.29, 1.82) is 0 Å². The fourth-order valence-corrected chi connectivity index (χ4v) is 3.37. The lowest BCUT2D eigenvalue weighted by molar-refractivity contribution is 0.480. The first-order valence-corrected chi connectivity index (χ1v) is 8.29. The summed E-state index contributed by atoms with van der Waals surface area (Å²) in [5.41, 5.74) is 2.08. The second-order valence-corrected chi connectivity index (χ2v) is 6.14. The van der Waals surface area contributed by atoms with E-state index in [2.05, 4.69) is 62.5 Å². The average molecular weight is 332 g/mol. The molecule has 0 saturated carbocycles. The topological polar surface area (TPSA) is 44.3 Å². The zero-order chi connectivity index (χ0) is 16.2. The SMILES string of the molecule is CNc1c(Cl)ncnc1N1CCC(N(C)c2ccccc2)CC1. The average Bonchev–Trinajstić information content (AvgIpc) is 2.62. The van der Waals surface area contributed by atoms with Gasteiger partial charge in [-0.05, 0) is 25.0 Å². The maximum absolute atomic E-state index is 6.16. The molecule has 1 N–H and O–H groups in total. The Morgan fingerprint density at radius 2 is 1.87 bits per heavy atom. The third-order valence-electron chi connectivity index (χ3n) is 4.51. The number of anilines is 3. The van der Waals surface area contributed by atoms with Crippen molar-refractivity contribution in [2.45, 2.75) is 18.9 Å². The summed E-state index contributed by atoms with van der Waals surface area (Å²) in [6.07, 6.45) is 3.72. The number of nitrogens with one attached hydrogen (secondary N) is 1. The van der Waals surface area contributed by atoms with E-state index >= 15 is 0 Å². The molecule has 0 radical (unpaired) electrons. The van der Waals surface area contributed by atoms with Gasteiger partial charge < -0.3 is 15.1 Å². The Bertz CT molecular complexity index is 641. The number of piperidine rings is 1. The molecule has 1 fully saturated rings. The van der Waals surface area contributed by atoms with E-state index in [-0.39, 0.29) is 0 Å². The predicted molar refractivity (Wildman–Crippen MR) is 96.7 cm³/mol. The monoisotopic (exact) mass is 331 g/mol. The molecule has 0 atom stereocenters. The van der Waals surface area contributed by atoms with E-state index in [1.807, 2.05) is 7.05 Å². The van der Waals surface area contributed by atoms with Gasteiger partial charge in [-0.3, -0.25) is 0 Å².